The molecule has 0 unspecified atom stereocenters. The molecule has 1 aliphatic heterocycles. The van der Waals surface area contributed by atoms with Crippen molar-refractivity contribution in [2.45, 2.75) is 108 Å². The third-order valence-electron chi connectivity index (χ3n) is 9.90. The number of carboxylic acid groups (broad SMARTS) is 1. The second-order valence-electron chi connectivity index (χ2n) is 12.7. The molecule has 8 heteroatoms. The highest BCUT2D eigenvalue weighted by atomic mass is 16.5. The highest BCUT2D eigenvalue weighted by molar-refractivity contribution is 6.01. The molecule has 8 nitrogen and oxygen atoms in total. The number of nitrogens with zero attached hydrogens (tertiary/aromatic N) is 3. The van der Waals surface area contributed by atoms with E-state index in [2.05, 4.69) is 56.5 Å². The number of aliphatic carboxylic acids is 1. The van der Waals surface area contributed by atoms with E-state index in [9.17, 15) is 9.59 Å². The summed E-state index contributed by atoms with van der Waals surface area (Å²) >= 11 is 0. The zero-order chi connectivity index (χ0) is 29.4. The van der Waals surface area contributed by atoms with Gasteiger partial charge in [-0.2, -0.15) is 4.98 Å². The Hall–Kier alpha value is -3.94. The van der Waals surface area contributed by atoms with Gasteiger partial charge in [0, 0.05) is 41.4 Å². The number of carbonyl (C=O) groups excluding carboxylic acids is 1. The number of allylic oxidation sites excluding steroid dienone is 6. The van der Waals surface area contributed by atoms with E-state index in [0.29, 0.717) is 36.0 Å². The number of fused-ring (bicyclic) bond motifs is 5. The quantitative estimate of drug-likeness (QED) is 0.288. The molecule has 0 atom stereocenters. The normalized spacial score (nSPS) is 19.8. The van der Waals surface area contributed by atoms with Crippen molar-refractivity contribution in [1.82, 2.24) is 20.0 Å². The first-order chi connectivity index (χ1) is 21.0. The van der Waals surface area contributed by atoms with Crippen LogP contribution in [0.2, 0.25) is 0 Å². The largest absolute Gasteiger partial charge is 0.481 e. The minimum Gasteiger partial charge on any atom is -0.481 e. The molecular weight excluding hydrogens is 540 g/mol. The summed E-state index contributed by atoms with van der Waals surface area (Å²) in [6.07, 6.45) is 22.1. The standard InChI is InChI=1S/C35H40N4O4/c40-30(41)16-8-15-29-36-34(38-43-29)35(19-6-7-20-35)37-33(42)25-17-18-27-28(22-25)39-21-9-13-23-10-4-5-14-26(23)32(39)31(27)24-11-2-1-3-12-24/h9-10,13-14,17-18,22,24H,1-8,11-12,15-16,19-21H2,(H,37,42)(H,40,41). The van der Waals surface area contributed by atoms with Crippen molar-refractivity contribution in [1.29, 1.82) is 0 Å². The highest BCUT2D eigenvalue weighted by Gasteiger charge is 2.42. The van der Waals surface area contributed by atoms with Crippen molar-refractivity contribution in [3.05, 3.63) is 76.6 Å². The summed E-state index contributed by atoms with van der Waals surface area (Å²) in [5.41, 5.74) is 6.59. The highest BCUT2D eigenvalue weighted by Crippen LogP contribution is 2.46. The zero-order valence-corrected chi connectivity index (χ0v) is 24.7. The van der Waals surface area contributed by atoms with Gasteiger partial charge in [-0.15, -0.1) is 0 Å². The van der Waals surface area contributed by atoms with E-state index in [1.54, 1.807) is 0 Å². The summed E-state index contributed by atoms with van der Waals surface area (Å²) in [7, 11) is 0. The minimum atomic E-state index is -0.842. The van der Waals surface area contributed by atoms with Crippen LogP contribution in [0.3, 0.4) is 0 Å². The van der Waals surface area contributed by atoms with Crippen LogP contribution in [-0.2, 0) is 23.3 Å². The van der Waals surface area contributed by atoms with Crippen LogP contribution >= 0.6 is 0 Å². The SMILES string of the molecule is O=C(O)CCCc1nc(C2(NC(=O)c3ccc4c(C5CCCCC5)c5n(c4c3)CC=CC3=CCCC=C35)CCCC2)no1. The molecule has 2 saturated carbocycles. The van der Waals surface area contributed by atoms with Crippen molar-refractivity contribution in [2.75, 3.05) is 0 Å². The third kappa shape index (κ3) is 5.25. The van der Waals surface area contributed by atoms with Gasteiger partial charge < -0.3 is 19.5 Å². The van der Waals surface area contributed by atoms with Gasteiger partial charge >= 0.3 is 5.97 Å². The number of aromatic nitrogens is 3. The average Bonchev–Trinajstić information content (AvgIpc) is 3.73. The van der Waals surface area contributed by atoms with Crippen LogP contribution in [0.15, 0.2) is 52.6 Å². The molecule has 4 aliphatic rings. The molecule has 3 aromatic rings. The molecule has 0 bridgehead atoms. The number of amides is 1. The topological polar surface area (TPSA) is 110 Å². The van der Waals surface area contributed by atoms with Crippen LogP contribution in [0.1, 0.15) is 123 Å². The Morgan fingerprint density at radius 2 is 1.88 bits per heavy atom. The molecule has 224 valence electrons. The summed E-state index contributed by atoms with van der Waals surface area (Å²) < 4.78 is 7.92. The number of benzene rings is 1. The van der Waals surface area contributed by atoms with E-state index in [-0.39, 0.29) is 12.3 Å². The molecule has 0 saturated heterocycles. The lowest BCUT2D eigenvalue weighted by molar-refractivity contribution is -0.137. The summed E-state index contributed by atoms with van der Waals surface area (Å²) in [6.45, 7) is 0.787. The molecular formula is C35H40N4O4. The molecule has 3 aliphatic carbocycles. The van der Waals surface area contributed by atoms with Gasteiger partial charge in [0.05, 0.1) is 5.69 Å². The van der Waals surface area contributed by atoms with Crippen molar-refractivity contribution in [3.8, 4) is 0 Å². The number of carboxylic acids is 1. The van der Waals surface area contributed by atoms with Crippen LogP contribution in [0, 0.1) is 0 Å². The average molecular weight is 581 g/mol. The second-order valence-corrected chi connectivity index (χ2v) is 12.7. The van der Waals surface area contributed by atoms with Gasteiger partial charge in [-0.25, -0.2) is 0 Å². The summed E-state index contributed by atoms with van der Waals surface area (Å²) in [5, 5.41) is 17.8. The van der Waals surface area contributed by atoms with E-state index in [4.69, 9.17) is 9.63 Å². The fraction of sp³-hybridized carbons (Fsp3) is 0.486. The molecule has 7 rings (SSSR count). The molecule has 1 amide bonds. The van der Waals surface area contributed by atoms with Crippen molar-refractivity contribution in [2.24, 2.45) is 0 Å². The summed E-state index contributed by atoms with van der Waals surface area (Å²) in [6, 6.07) is 6.26. The molecule has 0 spiro atoms. The Kier molecular flexibility index (Phi) is 7.53. The van der Waals surface area contributed by atoms with Crippen LogP contribution in [0.4, 0.5) is 0 Å². The number of hydrogen-bond donors (Lipinski definition) is 2. The number of rotatable bonds is 8. The number of nitrogens with one attached hydrogen (secondary N) is 1. The van der Waals surface area contributed by atoms with Crippen LogP contribution in [0.25, 0.3) is 16.5 Å². The number of hydrogen-bond acceptors (Lipinski definition) is 5. The van der Waals surface area contributed by atoms with Gasteiger partial charge in [0.2, 0.25) is 5.89 Å². The Labute approximate surface area is 251 Å². The maximum atomic E-state index is 13.9. The summed E-state index contributed by atoms with van der Waals surface area (Å²) in [5.74, 6) is 0.485. The Balaban J connectivity index is 1.23. The van der Waals surface area contributed by atoms with E-state index < -0.39 is 11.5 Å². The maximum Gasteiger partial charge on any atom is 0.303 e. The Bertz CT molecular complexity index is 1640. The predicted molar refractivity (Wildman–Crippen MR) is 165 cm³/mol. The predicted octanol–water partition coefficient (Wildman–Crippen LogP) is 7.35. The molecule has 3 heterocycles. The van der Waals surface area contributed by atoms with E-state index in [1.807, 2.05) is 6.07 Å². The van der Waals surface area contributed by atoms with E-state index in [1.165, 1.54) is 59.9 Å². The molecule has 2 fully saturated rings. The molecule has 1 aromatic carbocycles. The van der Waals surface area contributed by atoms with Crippen LogP contribution in [-0.4, -0.2) is 31.7 Å². The smallest absolute Gasteiger partial charge is 0.303 e. The van der Waals surface area contributed by atoms with Gasteiger partial charge in [-0.05, 0) is 74.1 Å². The van der Waals surface area contributed by atoms with Crippen molar-refractivity contribution >= 4 is 28.4 Å². The van der Waals surface area contributed by atoms with Gasteiger partial charge in [-0.1, -0.05) is 67.6 Å². The van der Waals surface area contributed by atoms with E-state index >= 15 is 0 Å². The first kappa shape index (κ1) is 27.9. The summed E-state index contributed by atoms with van der Waals surface area (Å²) in [4.78, 5) is 29.5. The first-order valence-electron chi connectivity index (χ1n) is 16.1. The molecule has 43 heavy (non-hydrogen) atoms. The second kappa shape index (κ2) is 11.6. The fourth-order valence-corrected chi connectivity index (χ4v) is 7.79. The van der Waals surface area contributed by atoms with Crippen LogP contribution in [0.5, 0.6) is 0 Å². The monoisotopic (exact) mass is 580 g/mol. The zero-order valence-electron chi connectivity index (χ0n) is 24.7. The van der Waals surface area contributed by atoms with E-state index in [0.717, 1.165) is 50.6 Å². The Morgan fingerprint density at radius 1 is 1.07 bits per heavy atom. The molecule has 0 radical (unpaired) electrons. The third-order valence-corrected chi connectivity index (χ3v) is 9.90. The first-order valence-corrected chi connectivity index (χ1v) is 16.1. The minimum absolute atomic E-state index is 0.0542. The number of aryl methyl sites for hydroxylation is 1. The van der Waals surface area contributed by atoms with Crippen molar-refractivity contribution in [3.63, 3.8) is 0 Å². The lowest BCUT2D eigenvalue weighted by Crippen LogP contribution is -2.44. The van der Waals surface area contributed by atoms with Gasteiger partial charge in [-0.3, -0.25) is 9.59 Å². The lowest BCUT2D eigenvalue weighted by atomic mass is 9.80. The maximum absolute atomic E-state index is 13.9. The Morgan fingerprint density at radius 3 is 2.70 bits per heavy atom. The van der Waals surface area contributed by atoms with Crippen LogP contribution < -0.4 is 5.32 Å². The van der Waals surface area contributed by atoms with Gasteiger partial charge in [0.15, 0.2) is 5.82 Å². The van der Waals surface area contributed by atoms with Gasteiger partial charge in [0.25, 0.3) is 5.91 Å². The lowest BCUT2D eigenvalue weighted by Gasteiger charge is -2.26. The number of carbonyl (C=O) groups is 2. The molecule has 2 N–H and O–H groups in total. The molecule has 2 aromatic heterocycles. The van der Waals surface area contributed by atoms with Gasteiger partial charge in [0.1, 0.15) is 5.54 Å². The fourth-order valence-electron chi connectivity index (χ4n) is 7.79. The van der Waals surface area contributed by atoms with Crippen molar-refractivity contribution < 1.29 is 19.2 Å².